The first-order valence-corrected chi connectivity index (χ1v) is 10.8. The van der Waals surface area contributed by atoms with Gasteiger partial charge in [0, 0.05) is 29.0 Å². The highest BCUT2D eigenvalue weighted by Crippen LogP contribution is 2.32. The van der Waals surface area contributed by atoms with Crippen LogP contribution in [0, 0.1) is 6.92 Å². The molecule has 3 aromatic rings. The second-order valence-electron chi connectivity index (χ2n) is 7.47. The summed E-state index contributed by atoms with van der Waals surface area (Å²) in [6.45, 7) is 1.82. The predicted molar refractivity (Wildman–Crippen MR) is 131 cm³/mol. The van der Waals surface area contributed by atoms with Crippen LogP contribution in [0.1, 0.15) is 15.9 Å². The first-order valence-electron chi connectivity index (χ1n) is 10.0. The van der Waals surface area contributed by atoms with Gasteiger partial charge in [-0.05, 0) is 55.0 Å². The van der Waals surface area contributed by atoms with E-state index in [2.05, 4.69) is 5.32 Å². The van der Waals surface area contributed by atoms with Crippen molar-refractivity contribution in [2.75, 3.05) is 22.2 Å². The van der Waals surface area contributed by atoms with Gasteiger partial charge in [-0.15, -0.1) is 0 Å². The molecule has 0 unspecified atom stereocenters. The molecular weight excluding hydrogens is 461 g/mol. The van der Waals surface area contributed by atoms with Crippen LogP contribution in [-0.2, 0) is 9.59 Å². The number of para-hydroxylation sites is 1. The average Bonchev–Trinajstić information content (AvgIpc) is 3.04. The maximum atomic E-state index is 13.0. The van der Waals surface area contributed by atoms with Crippen molar-refractivity contribution in [3.05, 3.63) is 99.7 Å². The Morgan fingerprint density at radius 3 is 2.33 bits per heavy atom. The van der Waals surface area contributed by atoms with Gasteiger partial charge in [0.25, 0.3) is 17.7 Å². The van der Waals surface area contributed by atoms with E-state index in [1.807, 2.05) is 37.3 Å². The van der Waals surface area contributed by atoms with E-state index in [0.717, 1.165) is 16.2 Å². The Morgan fingerprint density at radius 2 is 1.64 bits per heavy atom. The molecule has 0 atom stereocenters. The minimum absolute atomic E-state index is 0.0700. The number of hydrogen-bond acceptors (Lipinski definition) is 4. The van der Waals surface area contributed by atoms with E-state index in [-0.39, 0.29) is 16.6 Å². The molecule has 33 heavy (non-hydrogen) atoms. The molecule has 3 aromatic carbocycles. The molecule has 0 aliphatic carbocycles. The zero-order valence-corrected chi connectivity index (χ0v) is 19.3. The number of aryl methyl sites for hydroxylation is 1. The second kappa shape index (κ2) is 9.10. The molecule has 0 aromatic heterocycles. The van der Waals surface area contributed by atoms with Gasteiger partial charge < -0.3 is 10.2 Å². The van der Waals surface area contributed by atoms with E-state index in [4.69, 9.17) is 23.2 Å². The molecule has 1 aliphatic heterocycles. The lowest BCUT2D eigenvalue weighted by Crippen LogP contribution is -2.32. The van der Waals surface area contributed by atoms with Gasteiger partial charge in [0.05, 0.1) is 5.69 Å². The molecule has 1 aliphatic rings. The summed E-state index contributed by atoms with van der Waals surface area (Å²) in [6.07, 6.45) is 0. The molecule has 1 heterocycles. The smallest absolute Gasteiger partial charge is 0.283 e. The highest BCUT2D eigenvalue weighted by Gasteiger charge is 2.39. The number of hydrogen-bond donors (Lipinski definition) is 1. The van der Waals surface area contributed by atoms with E-state index < -0.39 is 11.8 Å². The molecule has 6 nitrogen and oxygen atoms in total. The maximum Gasteiger partial charge on any atom is 0.283 e. The lowest BCUT2D eigenvalue weighted by Gasteiger charge is -2.18. The van der Waals surface area contributed by atoms with Crippen molar-refractivity contribution in [1.29, 1.82) is 0 Å². The predicted octanol–water partition coefficient (Wildman–Crippen LogP) is 5.36. The number of anilines is 3. The number of rotatable bonds is 5. The van der Waals surface area contributed by atoms with Gasteiger partial charge in [0.15, 0.2) is 0 Å². The summed E-state index contributed by atoms with van der Waals surface area (Å²) in [7, 11) is 1.68. The third-order valence-electron chi connectivity index (χ3n) is 5.27. The Kier molecular flexibility index (Phi) is 6.22. The van der Waals surface area contributed by atoms with Crippen LogP contribution in [0.3, 0.4) is 0 Å². The molecule has 166 valence electrons. The lowest BCUT2D eigenvalue weighted by molar-refractivity contribution is -0.120. The Hall–Kier alpha value is -3.61. The van der Waals surface area contributed by atoms with Crippen LogP contribution in [0.5, 0.6) is 0 Å². The van der Waals surface area contributed by atoms with Crippen molar-refractivity contribution >= 4 is 58.0 Å². The topological polar surface area (TPSA) is 69.7 Å². The minimum Gasteiger partial charge on any atom is -0.350 e. The molecule has 0 radical (unpaired) electrons. The molecule has 8 heteroatoms. The second-order valence-corrected chi connectivity index (χ2v) is 8.26. The molecule has 0 bridgehead atoms. The summed E-state index contributed by atoms with van der Waals surface area (Å²) in [5.41, 5.74) is 2.67. The summed E-state index contributed by atoms with van der Waals surface area (Å²) in [5.74, 6) is -1.49. The normalized spacial score (nSPS) is 13.5. The summed E-state index contributed by atoms with van der Waals surface area (Å²) in [5, 5.41) is 3.09. The zero-order chi connectivity index (χ0) is 23.7. The Morgan fingerprint density at radius 1 is 0.909 bits per heavy atom. The number of carbonyl (C=O) groups excluding carboxylic acids is 3. The highest BCUT2D eigenvalue weighted by atomic mass is 35.5. The quantitative estimate of drug-likeness (QED) is 0.500. The molecule has 0 saturated carbocycles. The Labute approximate surface area is 201 Å². The molecule has 1 N–H and O–H groups in total. The number of carbonyl (C=O) groups is 3. The maximum absolute atomic E-state index is 13.0. The Bertz CT molecular complexity index is 1310. The van der Waals surface area contributed by atoms with Crippen LogP contribution in [-0.4, -0.2) is 24.8 Å². The molecule has 4 rings (SSSR count). The van der Waals surface area contributed by atoms with Crippen molar-refractivity contribution in [3.8, 4) is 0 Å². The fourth-order valence-corrected chi connectivity index (χ4v) is 3.79. The van der Waals surface area contributed by atoms with Crippen molar-refractivity contribution in [2.24, 2.45) is 0 Å². The fraction of sp³-hybridized carbons (Fsp3) is 0.0800. The Balaban J connectivity index is 1.58. The SMILES string of the molecule is Cc1ccc(N2C(=O)C(Cl)=C(Nc3cccc(C(=O)N(C)c4ccccc4)c3)C2=O)cc1Cl. The lowest BCUT2D eigenvalue weighted by atomic mass is 10.1. The minimum atomic E-state index is -0.653. The average molecular weight is 480 g/mol. The zero-order valence-electron chi connectivity index (χ0n) is 17.8. The number of halogens is 2. The third-order valence-corrected chi connectivity index (χ3v) is 6.03. The van der Waals surface area contributed by atoms with Gasteiger partial charge in [-0.2, -0.15) is 0 Å². The van der Waals surface area contributed by atoms with E-state index >= 15 is 0 Å². The van der Waals surface area contributed by atoms with Gasteiger partial charge >= 0.3 is 0 Å². The van der Waals surface area contributed by atoms with Gasteiger partial charge in [0.1, 0.15) is 10.7 Å². The molecule has 0 fully saturated rings. The molecule has 0 spiro atoms. The van der Waals surface area contributed by atoms with Gasteiger partial charge in [-0.1, -0.05) is 53.5 Å². The summed E-state index contributed by atoms with van der Waals surface area (Å²) < 4.78 is 0. The van der Waals surface area contributed by atoms with Crippen LogP contribution < -0.4 is 15.1 Å². The van der Waals surface area contributed by atoms with Crippen LogP contribution >= 0.6 is 23.2 Å². The first kappa shape index (κ1) is 22.6. The molecule has 3 amide bonds. The van der Waals surface area contributed by atoms with E-state index in [0.29, 0.717) is 22.0 Å². The van der Waals surface area contributed by atoms with Gasteiger partial charge in [0.2, 0.25) is 0 Å². The number of imide groups is 1. The van der Waals surface area contributed by atoms with Crippen molar-refractivity contribution in [3.63, 3.8) is 0 Å². The summed E-state index contributed by atoms with van der Waals surface area (Å²) in [4.78, 5) is 41.1. The third kappa shape index (κ3) is 4.35. The van der Waals surface area contributed by atoms with Crippen LogP contribution in [0.4, 0.5) is 17.1 Å². The number of nitrogens with zero attached hydrogens (tertiary/aromatic N) is 2. The van der Waals surface area contributed by atoms with Gasteiger partial charge in [-0.25, -0.2) is 4.90 Å². The van der Waals surface area contributed by atoms with Crippen LogP contribution in [0.15, 0.2) is 83.5 Å². The summed E-state index contributed by atoms with van der Waals surface area (Å²) >= 11 is 12.4. The summed E-state index contributed by atoms with van der Waals surface area (Å²) in [6, 6.07) is 20.8. The molecule has 0 saturated heterocycles. The van der Waals surface area contributed by atoms with Crippen molar-refractivity contribution in [2.45, 2.75) is 6.92 Å². The van der Waals surface area contributed by atoms with Crippen molar-refractivity contribution in [1.82, 2.24) is 0 Å². The monoisotopic (exact) mass is 479 g/mol. The largest absolute Gasteiger partial charge is 0.350 e. The fourth-order valence-electron chi connectivity index (χ4n) is 3.40. The van der Waals surface area contributed by atoms with E-state index in [1.165, 1.54) is 4.90 Å². The number of benzene rings is 3. The van der Waals surface area contributed by atoms with Crippen LogP contribution in [0.25, 0.3) is 0 Å². The van der Waals surface area contributed by atoms with Crippen molar-refractivity contribution < 1.29 is 14.4 Å². The number of nitrogens with one attached hydrogen (secondary N) is 1. The van der Waals surface area contributed by atoms with E-state index in [1.54, 1.807) is 49.5 Å². The standard InChI is InChI=1S/C25H19Cl2N3O3/c1-15-11-12-19(14-20(15)26)30-24(32)21(27)22(25(30)33)28-17-8-6-7-16(13-17)23(31)29(2)18-9-4-3-5-10-18/h3-14,28H,1-2H3. The highest BCUT2D eigenvalue weighted by molar-refractivity contribution is 6.53. The van der Waals surface area contributed by atoms with E-state index in [9.17, 15) is 14.4 Å². The van der Waals surface area contributed by atoms with Gasteiger partial charge in [-0.3, -0.25) is 14.4 Å². The first-order chi connectivity index (χ1) is 15.8. The van der Waals surface area contributed by atoms with Crippen LogP contribution in [0.2, 0.25) is 5.02 Å². The number of amides is 3. The molecular formula is C25H19Cl2N3O3.